The average molecular weight is 160 g/mol. The molecule has 0 bridgehead atoms. The lowest BCUT2D eigenvalue weighted by molar-refractivity contribution is 1.16. The van der Waals surface area contributed by atoms with Crippen LogP contribution in [0.1, 0.15) is 0 Å². The van der Waals surface area contributed by atoms with Gasteiger partial charge in [0.05, 0.1) is 5.52 Å². The molecule has 2 aromatic heterocycles. The van der Waals surface area contributed by atoms with Gasteiger partial charge in [0.1, 0.15) is 5.69 Å². The number of hydrogen-bond donors (Lipinski definition) is 1. The van der Waals surface area contributed by atoms with Gasteiger partial charge in [0.2, 0.25) is 5.43 Å². The van der Waals surface area contributed by atoms with Gasteiger partial charge in [-0.05, 0) is 12.1 Å². The largest absolute Gasteiger partial charge is 0.394 e. The summed E-state index contributed by atoms with van der Waals surface area (Å²) in [5.41, 5.74) is 6.52. The van der Waals surface area contributed by atoms with Gasteiger partial charge in [-0.3, -0.25) is 4.79 Å². The van der Waals surface area contributed by atoms with Crippen LogP contribution < -0.4 is 11.2 Å². The third kappa shape index (κ3) is 0.871. The van der Waals surface area contributed by atoms with Crippen LogP contribution in [0.3, 0.4) is 0 Å². The van der Waals surface area contributed by atoms with Crippen molar-refractivity contribution in [1.82, 2.24) is 4.40 Å². The first-order valence-corrected chi connectivity index (χ1v) is 3.64. The van der Waals surface area contributed by atoms with Gasteiger partial charge < -0.3 is 10.1 Å². The molecule has 0 amide bonds. The van der Waals surface area contributed by atoms with E-state index in [4.69, 9.17) is 5.73 Å². The van der Waals surface area contributed by atoms with Crippen molar-refractivity contribution in [2.75, 3.05) is 5.73 Å². The number of nitrogens with zero attached hydrogens (tertiary/aromatic N) is 1. The summed E-state index contributed by atoms with van der Waals surface area (Å²) < 4.78 is 1.82. The summed E-state index contributed by atoms with van der Waals surface area (Å²) >= 11 is 0. The minimum Gasteiger partial charge on any atom is -0.394 e. The molecule has 2 aromatic rings. The summed E-state index contributed by atoms with van der Waals surface area (Å²) in [6, 6.07) is 7.01. The Morgan fingerprint density at radius 1 is 1.17 bits per heavy atom. The normalized spacial score (nSPS) is 10.3. The molecule has 0 fully saturated rings. The molecular formula is C9H8N2O. The van der Waals surface area contributed by atoms with Crippen LogP contribution in [0.2, 0.25) is 0 Å². The Hall–Kier alpha value is -1.77. The predicted molar refractivity (Wildman–Crippen MR) is 48.1 cm³/mol. The molecule has 3 heteroatoms. The highest BCUT2D eigenvalue weighted by molar-refractivity contribution is 5.68. The molecule has 0 spiro atoms. The van der Waals surface area contributed by atoms with Crippen molar-refractivity contribution in [2.45, 2.75) is 0 Å². The van der Waals surface area contributed by atoms with E-state index in [0.717, 1.165) is 5.52 Å². The number of hydrogen-bond acceptors (Lipinski definition) is 2. The highest BCUT2D eigenvalue weighted by Gasteiger charge is 1.97. The summed E-state index contributed by atoms with van der Waals surface area (Å²) in [4.78, 5) is 11.1. The molecule has 2 N–H and O–H groups in total. The Bertz CT molecular complexity index is 473. The zero-order valence-corrected chi connectivity index (χ0v) is 6.40. The maximum atomic E-state index is 11.1. The molecule has 2 rings (SSSR count). The number of pyridine rings is 2. The number of anilines is 1. The molecule has 0 unspecified atom stereocenters. The average Bonchev–Trinajstić information content (AvgIpc) is 2.12. The first kappa shape index (κ1) is 6.91. The van der Waals surface area contributed by atoms with Crippen molar-refractivity contribution in [3.8, 4) is 0 Å². The fourth-order valence-corrected chi connectivity index (χ4v) is 1.18. The van der Waals surface area contributed by atoms with E-state index in [1.165, 1.54) is 6.07 Å². The zero-order chi connectivity index (χ0) is 8.55. The van der Waals surface area contributed by atoms with Crippen molar-refractivity contribution in [3.63, 3.8) is 0 Å². The molecule has 0 aliphatic heterocycles. The lowest BCUT2D eigenvalue weighted by Crippen LogP contribution is -2.09. The second-order valence-electron chi connectivity index (χ2n) is 2.59. The van der Waals surface area contributed by atoms with Crippen molar-refractivity contribution in [2.24, 2.45) is 0 Å². The third-order valence-corrected chi connectivity index (χ3v) is 1.82. The zero-order valence-electron chi connectivity index (χ0n) is 6.40. The molecule has 60 valence electrons. The van der Waals surface area contributed by atoms with Crippen molar-refractivity contribution < 1.29 is 0 Å². The van der Waals surface area contributed by atoms with Crippen molar-refractivity contribution >= 4 is 11.2 Å². The number of nitrogens with two attached hydrogens (primary N) is 1. The van der Waals surface area contributed by atoms with Crippen LogP contribution in [0.15, 0.2) is 41.5 Å². The summed E-state index contributed by atoms with van der Waals surface area (Å²) in [6.45, 7) is 0. The van der Waals surface area contributed by atoms with Gasteiger partial charge in [-0.25, -0.2) is 0 Å². The van der Waals surface area contributed by atoms with Crippen LogP contribution in [0.4, 0.5) is 5.69 Å². The molecule has 3 nitrogen and oxygen atoms in total. The highest BCUT2D eigenvalue weighted by Crippen LogP contribution is 2.06. The topological polar surface area (TPSA) is 47.5 Å². The molecule has 2 heterocycles. The Balaban J connectivity index is 3.01. The maximum absolute atomic E-state index is 11.1. The van der Waals surface area contributed by atoms with E-state index >= 15 is 0 Å². The van der Waals surface area contributed by atoms with Gasteiger partial charge in [0.15, 0.2) is 0 Å². The number of rotatable bonds is 0. The summed E-state index contributed by atoms with van der Waals surface area (Å²) in [5.74, 6) is 0. The van der Waals surface area contributed by atoms with Crippen molar-refractivity contribution in [3.05, 3.63) is 46.9 Å². The molecule has 0 aliphatic carbocycles. The third-order valence-electron chi connectivity index (χ3n) is 1.82. The fourth-order valence-electron chi connectivity index (χ4n) is 1.18. The molecule has 0 saturated heterocycles. The van der Waals surface area contributed by atoms with Gasteiger partial charge in [0, 0.05) is 18.5 Å². The summed E-state index contributed by atoms with van der Waals surface area (Å²) in [5, 5.41) is 0. The van der Waals surface area contributed by atoms with Crippen LogP contribution in [0.5, 0.6) is 0 Å². The van der Waals surface area contributed by atoms with Crippen LogP contribution in [-0.2, 0) is 0 Å². The Morgan fingerprint density at radius 3 is 2.83 bits per heavy atom. The molecule has 0 aliphatic rings. The maximum Gasteiger partial charge on any atom is 0.205 e. The Labute approximate surface area is 69.1 Å². The number of fused-ring (bicyclic) bond motifs is 1. The minimum atomic E-state index is -0.124. The molecular weight excluding hydrogens is 152 g/mol. The molecule has 0 saturated carbocycles. The van der Waals surface area contributed by atoms with E-state index in [2.05, 4.69) is 0 Å². The predicted octanol–water partition coefficient (Wildman–Crippen LogP) is 0.882. The molecule has 0 aromatic carbocycles. The van der Waals surface area contributed by atoms with Crippen LogP contribution in [0.25, 0.3) is 5.52 Å². The number of aromatic nitrogens is 1. The monoisotopic (exact) mass is 160 g/mol. The Morgan fingerprint density at radius 2 is 2.00 bits per heavy atom. The van der Waals surface area contributed by atoms with Crippen LogP contribution in [0, 0.1) is 0 Å². The van der Waals surface area contributed by atoms with Crippen LogP contribution >= 0.6 is 0 Å². The van der Waals surface area contributed by atoms with Crippen LogP contribution in [-0.4, -0.2) is 4.40 Å². The number of nitrogen functional groups attached to an aromatic ring is 1. The van der Waals surface area contributed by atoms with Gasteiger partial charge in [-0.1, -0.05) is 6.07 Å². The summed E-state index contributed by atoms with van der Waals surface area (Å²) in [7, 11) is 0. The van der Waals surface area contributed by atoms with E-state index in [1.807, 2.05) is 28.8 Å². The van der Waals surface area contributed by atoms with E-state index in [-0.39, 0.29) is 5.43 Å². The lowest BCUT2D eigenvalue weighted by atomic mass is 10.3. The first-order chi connectivity index (χ1) is 5.79. The highest BCUT2D eigenvalue weighted by atomic mass is 16.1. The first-order valence-electron chi connectivity index (χ1n) is 3.64. The molecule has 12 heavy (non-hydrogen) atoms. The van der Waals surface area contributed by atoms with Gasteiger partial charge >= 0.3 is 0 Å². The SMILES string of the molecule is Nc1c(=O)ccn2ccccc12. The smallest absolute Gasteiger partial charge is 0.205 e. The lowest BCUT2D eigenvalue weighted by Gasteiger charge is -2.01. The Kier molecular flexibility index (Phi) is 1.37. The van der Waals surface area contributed by atoms with Crippen molar-refractivity contribution in [1.29, 1.82) is 0 Å². The summed E-state index contributed by atoms with van der Waals surface area (Å²) in [6.07, 6.45) is 3.55. The van der Waals surface area contributed by atoms with E-state index in [1.54, 1.807) is 6.20 Å². The molecule has 0 atom stereocenters. The van der Waals surface area contributed by atoms with E-state index in [0.29, 0.717) is 5.69 Å². The fraction of sp³-hybridized carbons (Fsp3) is 0. The second kappa shape index (κ2) is 2.37. The van der Waals surface area contributed by atoms with Gasteiger partial charge in [-0.15, -0.1) is 0 Å². The molecule has 0 radical (unpaired) electrons. The second-order valence-corrected chi connectivity index (χ2v) is 2.59. The standard InChI is InChI=1S/C9H8N2O/c10-9-7-3-1-2-5-11(7)6-4-8(9)12/h1-6H,10H2. The minimum absolute atomic E-state index is 0.124. The van der Waals surface area contributed by atoms with E-state index in [9.17, 15) is 4.79 Å². The van der Waals surface area contributed by atoms with E-state index < -0.39 is 0 Å². The van der Waals surface area contributed by atoms with Gasteiger partial charge in [-0.2, -0.15) is 0 Å². The quantitative estimate of drug-likeness (QED) is 0.622. The van der Waals surface area contributed by atoms with Gasteiger partial charge in [0.25, 0.3) is 0 Å².